The van der Waals surface area contributed by atoms with Crippen LogP contribution in [0, 0.1) is 0 Å². The molecule has 0 aromatic heterocycles. The van der Waals surface area contributed by atoms with Gasteiger partial charge in [-0.05, 0) is 18.2 Å². The highest BCUT2D eigenvalue weighted by molar-refractivity contribution is 6.31. The molecule has 19 heavy (non-hydrogen) atoms. The number of halogens is 4. The third-order valence-corrected chi connectivity index (χ3v) is 2.36. The molecule has 0 spiro atoms. The molecule has 0 unspecified atom stereocenters. The second-order valence-corrected chi connectivity index (χ2v) is 4.28. The smallest absolute Gasteiger partial charge is 0.345 e. The minimum Gasteiger partial charge on any atom is -0.345 e. The molecule has 0 saturated heterocycles. The van der Waals surface area contributed by atoms with Crippen LogP contribution in [0.1, 0.15) is 10.4 Å². The van der Waals surface area contributed by atoms with Gasteiger partial charge in [0.25, 0.3) is 5.91 Å². The average molecular weight is 295 g/mol. The summed E-state index contributed by atoms with van der Waals surface area (Å²) in [6.45, 7) is 0. The first kappa shape index (κ1) is 15.3. The highest BCUT2D eigenvalue weighted by Gasteiger charge is 2.39. The number of nitrogens with zero attached hydrogens (tertiary/aromatic N) is 1. The molecule has 0 fully saturated rings. The van der Waals surface area contributed by atoms with E-state index >= 15 is 0 Å². The van der Waals surface area contributed by atoms with E-state index in [1.54, 1.807) is 5.32 Å². The van der Waals surface area contributed by atoms with E-state index in [4.69, 9.17) is 11.6 Å². The van der Waals surface area contributed by atoms with Crippen LogP contribution in [-0.2, 0) is 4.79 Å². The zero-order valence-corrected chi connectivity index (χ0v) is 10.8. The second-order valence-electron chi connectivity index (χ2n) is 3.84. The lowest BCUT2D eigenvalue weighted by molar-refractivity contribution is -0.167. The molecule has 1 rings (SSSR count). The Balaban J connectivity index is 3.15. The van der Waals surface area contributed by atoms with E-state index in [-0.39, 0.29) is 16.3 Å². The fraction of sp³-hybridized carbons (Fsp3) is 0.273. The normalized spacial score (nSPS) is 11.1. The summed E-state index contributed by atoms with van der Waals surface area (Å²) in [5.74, 6) is -2.71. The molecule has 8 heteroatoms. The number of alkyl halides is 3. The molecule has 0 bridgehead atoms. The number of amides is 2. The lowest BCUT2D eigenvalue weighted by Gasteiger charge is -2.15. The Hall–Kier alpha value is -1.76. The molecular weight excluding hydrogens is 285 g/mol. The van der Waals surface area contributed by atoms with Crippen molar-refractivity contribution < 1.29 is 22.8 Å². The van der Waals surface area contributed by atoms with Gasteiger partial charge in [-0.1, -0.05) is 11.6 Å². The first-order chi connectivity index (χ1) is 8.62. The number of carbonyl (C=O) groups excluding carboxylic acids is 2. The fourth-order valence-corrected chi connectivity index (χ4v) is 1.41. The summed E-state index contributed by atoms with van der Waals surface area (Å²) in [5, 5.41) is 1.74. The molecule has 0 atom stereocenters. The van der Waals surface area contributed by atoms with Crippen LogP contribution in [-0.4, -0.2) is 37.0 Å². The SMILES string of the molecule is CN(C)C(=O)c1ccc(Cl)cc1NC(=O)C(F)(F)F. The van der Waals surface area contributed by atoms with Crippen molar-refractivity contribution in [1.82, 2.24) is 4.90 Å². The molecule has 104 valence electrons. The van der Waals surface area contributed by atoms with Crippen LogP contribution >= 0.6 is 11.6 Å². The van der Waals surface area contributed by atoms with Crippen molar-refractivity contribution in [2.45, 2.75) is 6.18 Å². The van der Waals surface area contributed by atoms with E-state index < -0.39 is 18.0 Å². The fourth-order valence-electron chi connectivity index (χ4n) is 1.24. The van der Waals surface area contributed by atoms with Crippen molar-refractivity contribution in [2.24, 2.45) is 0 Å². The molecule has 2 amide bonds. The maximum Gasteiger partial charge on any atom is 0.471 e. The van der Waals surface area contributed by atoms with Gasteiger partial charge in [0.05, 0.1) is 11.3 Å². The quantitative estimate of drug-likeness (QED) is 0.911. The van der Waals surface area contributed by atoms with E-state index in [1.807, 2.05) is 0 Å². The summed E-state index contributed by atoms with van der Waals surface area (Å²) in [6.07, 6.45) is -5.04. The van der Waals surface area contributed by atoms with Crippen LogP contribution in [0.3, 0.4) is 0 Å². The number of carbonyl (C=O) groups is 2. The van der Waals surface area contributed by atoms with Crippen molar-refractivity contribution in [1.29, 1.82) is 0 Å². The number of rotatable bonds is 2. The first-order valence-corrected chi connectivity index (χ1v) is 5.40. The van der Waals surface area contributed by atoms with Gasteiger partial charge in [-0.25, -0.2) is 0 Å². The number of hydrogen-bond acceptors (Lipinski definition) is 2. The highest BCUT2D eigenvalue weighted by atomic mass is 35.5. The Bertz CT molecular complexity index is 515. The molecule has 1 aromatic carbocycles. The summed E-state index contributed by atoms with van der Waals surface area (Å²) < 4.78 is 36.6. The van der Waals surface area contributed by atoms with Gasteiger partial charge in [0, 0.05) is 19.1 Å². The Labute approximate surface area is 112 Å². The first-order valence-electron chi connectivity index (χ1n) is 5.02. The Morgan fingerprint density at radius 2 is 1.84 bits per heavy atom. The maximum atomic E-state index is 12.2. The molecule has 0 aliphatic heterocycles. The van der Waals surface area contributed by atoms with Gasteiger partial charge in [-0.2, -0.15) is 13.2 Å². The van der Waals surface area contributed by atoms with Crippen molar-refractivity contribution >= 4 is 29.1 Å². The molecule has 0 saturated carbocycles. The van der Waals surface area contributed by atoms with E-state index in [2.05, 4.69) is 0 Å². The Morgan fingerprint density at radius 3 is 2.32 bits per heavy atom. The molecule has 0 aliphatic rings. The Morgan fingerprint density at radius 1 is 1.26 bits per heavy atom. The van der Waals surface area contributed by atoms with Crippen LogP contribution in [0.5, 0.6) is 0 Å². The summed E-state index contributed by atoms with van der Waals surface area (Å²) >= 11 is 5.64. The van der Waals surface area contributed by atoms with E-state index in [9.17, 15) is 22.8 Å². The lowest BCUT2D eigenvalue weighted by atomic mass is 10.1. The molecule has 0 aliphatic carbocycles. The molecule has 1 aromatic rings. The van der Waals surface area contributed by atoms with Crippen molar-refractivity contribution in [2.75, 3.05) is 19.4 Å². The van der Waals surface area contributed by atoms with Gasteiger partial charge < -0.3 is 10.2 Å². The molecule has 0 heterocycles. The largest absolute Gasteiger partial charge is 0.471 e. The van der Waals surface area contributed by atoms with Crippen LogP contribution in [0.2, 0.25) is 5.02 Å². The van der Waals surface area contributed by atoms with E-state index in [0.717, 1.165) is 6.07 Å². The van der Waals surface area contributed by atoms with Crippen LogP contribution in [0.4, 0.5) is 18.9 Å². The zero-order valence-electron chi connectivity index (χ0n) is 10.0. The third-order valence-electron chi connectivity index (χ3n) is 2.12. The van der Waals surface area contributed by atoms with Gasteiger partial charge in [0.1, 0.15) is 0 Å². The van der Waals surface area contributed by atoms with E-state index in [0.29, 0.717) is 0 Å². The highest BCUT2D eigenvalue weighted by Crippen LogP contribution is 2.25. The number of nitrogens with one attached hydrogen (secondary N) is 1. The summed E-state index contributed by atoms with van der Waals surface area (Å²) in [5.41, 5.74) is -0.361. The second kappa shape index (κ2) is 5.48. The van der Waals surface area contributed by atoms with Gasteiger partial charge >= 0.3 is 12.1 Å². The van der Waals surface area contributed by atoms with E-state index in [1.165, 1.54) is 31.1 Å². The Kier molecular flexibility index (Phi) is 4.41. The number of benzene rings is 1. The standard InChI is InChI=1S/C11H10ClF3N2O2/c1-17(2)9(18)7-4-3-6(12)5-8(7)16-10(19)11(13,14)15/h3-5H,1-2H3,(H,16,19). The van der Waals surface area contributed by atoms with Crippen LogP contribution in [0.15, 0.2) is 18.2 Å². The van der Waals surface area contributed by atoms with Crippen LogP contribution in [0.25, 0.3) is 0 Å². The average Bonchev–Trinajstić information content (AvgIpc) is 2.27. The number of anilines is 1. The number of hydrogen-bond donors (Lipinski definition) is 1. The van der Waals surface area contributed by atoms with Crippen LogP contribution < -0.4 is 5.32 Å². The van der Waals surface area contributed by atoms with Gasteiger partial charge in [-0.3, -0.25) is 9.59 Å². The topological polar surface area (TPSA) is 49.4 Å². The van der Waals surface area contributed by atoms with Gasteiger partial charge in [0.15, 0.2) is 0 Å². The minimum atomic E-state index is -5.04. The summed E-state index contributed by atoms with van der Waals surface area (Å²) in [4.78, 5) is 23.8. The van der Waals surface area contributed by atoms with Gasteiger partial charge in [0.2, 0.25) is 0 Å². The summed E-state index contributed by atoms with van der Waals surface area (Å²) in [6, 6.07) is 3.68. The molecule has 4 nitrogen and oxygen atoms in total. The predicted molar refractivity (Wildman–Crippen MR) is 64.2 cm³/mol. The van der Waals surface area contributed by atoms with Crippen molar-refractivity contribution in [3.63, 3.8) is 0 Å². The minimum absolute atomic E-state index is 0.0769. The molecule has 1 N–H and O–H groups in total. The van der Waals surface area contributed by atoms with Crippen molar-refractivity contribution in [3.05, 3.63) is 28.8 Å². The molecule has 0 radical (unpaired) electrons. The monoisotopic (exact) mass is 294 g/mol. The third kappa shape index (κ3) is 3.85. The summed E-state index contributed by atoms with van der Waals surface area (Å²) in [7, 11) is 2.87. The predicted octanol–water partition coefficient (Wildman–Crippen LogP) is 2.54. The van der Waals surface area contributed by atoms with Gasteiger partial charge in [-0.15, -0.1) is 0 Å². The molecular formula is C11H10ClF3N2O2. The van der Waals surface area contributed by atoms with Crippen molar-refractivity contribution in [3.8, 4) is 0 Å². The lowest BCUT2D eigenvalue weighted by Crippen LogP contribution is -2.31. The maximum absolute atomic E-state index is 12.2. The zero-order chi connectivity index (χ0) is 14.8.